The first kappa shape index (κ1) is 12.6. The maximum absolute atomic E-state index is 10.8. The molecule has 0 atom stereocenters. The van der Waals surface area contributed by atoms with Gasteiger partial charge in [0, 0.05) is 25.2 Å². The number of likely N-dealkylation sites (tertiary alicyclic amines) is 1. The zero-order chi connectivity index (χ0) is 14.1. The Morgan fingerprint density at radius 2 is 2.15 bits per heavy atom. The van der Waals surface area contributed by atoms with Crippen LogP contribution in [-0.4, -0.2) is 45.3 Å². The Morgan fingerprint density at radius 1 is 1.40 bits per heavy atom. The molecule has 1 aliphatic rings. The minimum Gasteiger partial charge on any atom is -0.508 e. The van der Waals surface area contributed by atoms with Gasteiger partial charge in [0.2, 0.25) is 0 Å². The number of oxazole rings is 1. The number of anilines is 1. The number of piperidine rings is 1. The number of amides is 1. The third-order valence-electron chi connectivity index (χ3n) is 3.46. The summed E-state index contributed by atoms with van der Waals surface area (Å²) in [5.74, 6) is 0.145. The van der Waals surface area contributed by atoms with Gasteiger partial charge in [0.15, 0.2) is 5.58 Å². The predicted octanol–water partition coefficient (Wildman–Crippen LogP) is 2.09. The van der Waals surface area contributed by atoms with Crippen molar-refractivity contribution in [3.05, 3.63) is 18.2 Å². The van der Waals surface area contributed by atoms with Crippen molar-refractivity contribution in [1.29, 1.82) is 0 Å². The van der Waals surface area contributed by atoms with Crippen molar-refractivity contribution in [2.45, 2.75) is 18.9 Å². The third kappa shape index (κ3) is 2.47. The van der Waals surface area contributed by atoms with Crippen molar-refractivity contribution >= 4 is 23.2 Å². The highest BCUT2D eigenvalue weighted by molar-refractivity contribution is 5.76. The summed E-state index contributed by atoms with van der Waals surface area (Å²) in [6.45, 7) is 1.02. The molecule has 0 saturated carbocycles. The van der Waals surface area contributed by atoms with E-state index in [1.54, 1.807) is 12.1 Å². The van der Waals surface area contributed by atoms with Gasteiger partial charge in [0.05, 0.1) is 0 Å². The van der Waals surface area contributed by atoms with Gasteiger partial charge in [0.1, 0.15) is 11.3 Å². The van der Waals surface area contributed by atoms with Gasteiger partial charge in [0.25, 0.3) is 6.01 Å². The van der Waals surface area contributed by atoms with Crippen LogP contribution in [0.2, 0.25) is 0 Å². The fourth-order valence-electron chi connectivity index (χ4n) is 2.37. The van der Waals surface area contributed by atoms with Crippen LogP contribution in [0.5, 0.6) is 5.75 Å². The fourth-order valence-corrected chi connectivity index (χ4v) is 2.37. The molecule has 0 bridgehead atoms. The van der Waals surface area contributed by atoms with E-state index in [9.17, 15) is 9.90 Å². The molecule has 1 amide bonds. The molecule has 20 heavy (non-hydrogen) atoms. The maximum Gasteiger partial charge on any atom is 0.407 e. The van der Waals surface area contributed by atoms with Crippen LogP contribution in [0.3, 0.4) is 0 Å². The van der Waals surface area contributed by atoms with E-state index < -0.39 is 6.09 Å². The van der Waals surface area contributed by atoms with Crippen LogP contribution in [0.25, 0.3) is 11.1 Å². The topological polar surface area (TPSA) is 98.8 Å². The minimum atomic E-state index is -0.874. The van der Waals surface area contributed by atoms with E-state index in [0.717, 1.165) is 12.8 Å². The van der Waals surface area contributed by atoms with Crippen LogP contribution in [0.15, 0.2) is 22.6 Å². The first-order valence-corrected chi connectivity index (χ1v) is 6.46. The molecule has 1 saturated heterocycles. The van der Waals surface area contributed by atoms with Crippen LogP contribution < -0.4 is 5.32 Å². The predicted molar refractivity (Wildman–Crippen MR) is 71.9 cm³/mol. The van der Waals surface area contributed by atoms with E-state index in [1.165, 1.54) is 11.0 Å². The van der Waals surface area contributed by atoms with Gasteiger partial charge in [-0.25, -0.2) is 4.79 Å². The van der Waals surface area contributed by atoms with Gasteiger partial charge in [-0.3, -0.25) is 0 Å². The van der Waals surface area contributed by atoms with E-state index in [1.807, 2.05) is 0 Å². The van der Waals surface area contributed by atoms with Crippen LogP contribution in [-0.2, 0) is 0 Å². The molecule has 0 radical (unpaired) electrons. The zero-order valence-electron chi connectivity index (χ0n) is 10.7. The fraction of sp³-hybridized carbons (Fsp3) is 0.385. The third-order valence-corrected chi connectivity index (χ3v) is 3.46. The minimum absolute atomic E-state index is 0.145. The summed E-state index contributed by atoms with van der Waals surface area (Å²) in [4.78, 5) is 16.5. The number of hydrogen-bond acceptors (Lipinski definition) is 5. The van der Waals surface area contributed by atoms with Crippen LogP contribution in [0.1, 0.15) is 12.8 Å². The van der Waals surface area contributed by atoms with Crippen LogP contribution in [0.4, 0.5) is 10.8 Å². The number of aromatic hydroxyl groups is 1. The molecule has 0 unspecified atom stereocenters. The second kappa shape index (κ2) is 4.92. The molecule has 1 aromatic heterocycles. The number of phenols is 1. The number of nitrogens with one attached hydrogen (secondary N) is 1. The Kier molecular flexibility index (Phi) is 3.09. The number of benzene rings is 1. The number of fused-ring (bicyclic) bond motifs is 1. The van der Waals surface area contributed by atoms with Crippen molar-refractivity contribution in [3.63, 3.8) is 0 Å². The Hall–Kier alpha value is -2.44. The molecule has 0 aliphatic carbocycles. The highest BCUT2D eigenvalue weighted by Gasteiger charge is 2.23. The Balaban J connectivity index is 1.66. The van der Waals surface area contributed by atoms with E-state index in [4.69, 9.17) is 9.52 Å². The van der Waals surface area contributed by atoms with Gasteiger partial charge >= 0.3 is 6.09 Å². The number of rotatable bonds is 2. The number of carbonyl (C=O) groups is 1. The monoisotopic (exact) mass is 277 g/mol. The molecule has 2 aromatic rings. The lowest BCUT2D eigenvalue weighted by molar-refractivity contribution is 0.133. The quantitative estimate of drug-likeness (QED) is 0.777. The second-order valence-corrected chi connectivity index (χ2v) is 4.86. The smallest absolute Gasteiger partial charge is 0.407 e. The second-order valence-electron chi connectivity index (χ2n) is 4.86. The van der Waals surface area contributed by atoms with E-state index in [-0.39, 0.29) is 11.8 Å². The molecule has 3 rings (SSSR count). The van der Waals surface area contributed by atoms with Crippen LogP contribution >= 0.6 is 0 Å². The molecule has 106 valence electrons. The highest BCUT2D eigenvalue weighted by Crippen LogP contribution is 2.24. The lowest BCUT2D eigenvalue weighted by Crippen LogP contribution is -2.41. The molecule has 1 aromatic carbocycles. The molecule has 0 spiro atoms. The van der Waals surface area contributed by atoms with Gasteiger partial charge < -0.3 is 24.8 Å². The largest absolute Gasteiger partial charge is 0.508 e. The molecular formula is C13H15N3O4. The van der Waals surface area contributed by atoms with Gasteiger partial charge in [-0.15, -0.1) is 0 Å². The average Bonchev–Trinajstić information content (AvgIpc) is 2.80. The number of nitrogens with zero attached hydrogens (tertiary/aromatic N) is 2. The highest BCUT2D eigenvalue weighted by atomic mass is 16.4. The van der Waals surface area contributed by atoms with Gasteiger partial charge in [-0.05, 0) is 25.0 Å². The maximum atomic E-state index is 10.8. The van der Waals surface area contributed by atoms with Crippen molar-refractivity contribution in [3.8, 4) is 5.75 Å². The summed E-state index contributed by atoms with van der Waals surface area (Å²) in [6.07, 6.45) is 0.563. The van der Waals surface area contributed by atoms with E-state index in [2.05, 4.69) is 10.3 Å². The first-order chi connectivity index (χ1) is 9.61. The van der Waals surface area contributed by atoms with E-state index >= 15 is 0 Å². The summed E-state index contributed by atoms with van der Waals surface area (Å²) in [5, 5.41) is 21.4. The standard InChI is InChI=1S/C13H15N3O4/c17-9-1-2-11-10(7-9)15-12(20-11)14-8-3-5-16(6-4-8)13(18)19/h1-2,7-8,17H,3-6H2,(H,14,15)(H,18,19). The van der Waals surface area contributed by atoms with Crippen molar-refractivity contribution in [2.75, 3.05) is 18.4 Å². The molecule has 1 aliphatic heterocycles. The van der Waals surface area contributed by atoms with Crippen LogP contribution in [0, 0.1) is 0 Å². The lowest BCUT2D eigenvalue weighted by atomic mass is 10.1. The SMILES string of the molecule is O=C(O)N1CCC(Nc2nc3cc(O)ccc3o2)CC1. The summed E-state index contributed by atoms with van der Waals surface area (Å²) in [5.41, 5.74) is 1.20. The normalized spacial score (nSPS) is 16.5. The van der Waals surface area contributed by atoms with Gasteiger partial charge in [-0.1, -0.05) is 0 Å². The van der Waals surface area contributed by atoms with E-state index in [0.29, 0.717) is 30.2 Å². The Labute approximate surface area is 114 Å². The average molecular weight is 277 g/mol. The summed E-state index contributed by atoms with van der Waals surface area (Å²) >= 11 is 0. The summed E-state index contributed by atoms with van der Waals surface area (Å²) < 4.78 is 5.54. The Morgan fingerprint density at radius 3 is 2.85 bits per heavy atom. The molecule has 1 fully saturated rings. The molecular weight excluding hydrogens is 262 g/mol. The summed E-state index contributed by atoms with van der Waals surface area (Å²) in [7, 11) is 0. The number of phenolic OH excluding ortho intramolecular Hbond substituents is 1. The van der Waals surface area contributed by atoms with Gasteiger partial charge in [-0.2, -0.15) is 4.98 Å². The van der Waals surface area contributed by atoms with Crippen molar-refractivity contribution in [2.24, 2.45) is 0 Å². The zero-order valence-corrected chi connectivity index (χ0v) is 10.7. The molecule has 7 heteroatoms. The number of hydrogen-bond donors (Lipinski definition) is 3. The first-order valence-electron chi connectivity index (χ1n) is 6.46. The molecule has 3 N–H and O–H groups in total. The number of aromatic nitrogens is 1. The molecule has 2 heterocycles. The number of carboxylic acid groups (broad SMARTS) is 1. The summed E-state index contributed by atoms with van der Waals surface area (Å²) in [6, 6.07) is 5.29. The van der Waals surface area contributed by atoms with Crippen molar-refractivity contribution < 1.29 is 19.4 Å². The van der Waals surface area contributed by atoms with Crippen molar-refractivity contribution in [1.82, 2.24) is 9.88 Å². The Bertz CT molecular complexity index is 632. The lowest BCUT2D eigenvalue weighted by Gasteiger charge is -2.29. The molecule has 7 nitrogen and oxygen atoms in total.